The molecule has 1 saturated carbocycles. The number of piperazine rings is 1. The number of pyridine rings is 2. The molecular weight excluding hydrogens is 418 g/mol. The molecule has 2 aliphatic rings. The highest BCUT2D eigenvalue weighted by Crippen LogP contribution is 2.42. The Bertz CT molecular complexity index is 992. The van der Waals surface area contributed by atoms with Gasteiger partial charge < -0.3 is 18.9 Å². The van der Waals surface area contributed by atoms with Crippen LogP contribution in [0.4, 0.5) is 5.69 Å². The zero-order valence-corrected chi connectivity index (χ0v) is 17.6. The van der Waals surface area contributed by atoms with Crippen molar-refractivity contribution in [3.63, 3.8) is 0 Å². The fourth-order valence-electron chi connectivity index (χ4n) is 3.77. The van der Waals surface area contributed by atoms with Crippen molar-refractivity contribution in [3.8, 4) is 5.75 Å². The van der Waals surface area contributed by atoms with Crippen LogP contribution in [0, 0.1) is 0 Å². The lowest BCUT2D eigenvalue weighted by Gasteiger charge is -2.34. The smallest absolute Gasteiger partial charge is 0.160 e. The summed E-state index contributed by atoms with van der Waals surface area (Å²) in [5.74, 6) is 1.50. The van der Waals surface area contributed by atoms with Gasteiger partial charge in [-0.2, -0.15) is 0 Å². The molecule has 0 spiro atoms. The minimum atomic E-state index is 0.444. The minimum absolute atomic E-state index is 0.444. The molecule has 1 aliphatic heterocycles. The van der Waals surface area contributed by atoms with Gasteiger partial charge in [-0.1, -0.05) is 0 Å². The van der Waals surface area contributed by atoms with E-state index in [9.17, 15) is 0 Å². The van der Waals surface area contributed by atoms with Crippen LogP contribution < -0.4 is 9.64 Å². The quantitative estimate of drug-likeness (QED) is 0.564. The van der Waals surface area contributed by atoms with Gasteiger partial charge in [0.1, 0.15) is 17.0 Å². The number of anilines is 1. The van der Waals surface area contributed by atoms with Crippen molar-refractivity contribution in [1.82, 2.24) is 19.3 Å². The molecule has 1 aliphatic carbocycles. The molecule has 6 nitrogen and oxygen atoms in total. The predicted octanol–water partition coefficient (Wildman–Crippen LogP) is 3.70. The Hall–Kier alpha value is -2.12. The lowest BCUT2D eigenvalue weighted by molar-refractivity contribution is 0.301. The van der Waals surface area contributed by atoms with Gasteiger partial charge in [0.15, 0.2) is 5.65 Å². The zero-order valence-electron chi connectivity index (χ0n) is 16.0. The van der Waals surface area contributed by atoms with Crippen molar-refractivity contribution >= 4 is 27.3 Å². The topological polar surface area (TPSA) is 45.9 Å². The monoisotopic (exact) mass is 441 g/mol. The number of fused-ring (bicyclic) bond motifs is 1. The van der Waals surface area contributed by atoms with Gasteiger partial charge in [-0.15, -0.1) is 0 Å². The van der Waals surface area contributed by atoms with Crippen molar-refractivity contribution in [3.05, 3.63) is 52.7 Å². The second-order valence-electron chi connectivity index (χ2n) is 7.79. The van der Waals surface area contributed by atoms with Crippen LogP contribution in [0.3, 0.4) is 0 Å². The fourth-order valence-corrected chi connectivity index (χ4v) is 4.12. The van der Waals surface area contributed by atoms with E-state index in [2.05, 4.69) is 60.6 Å². The molecule has 0 aromatic carbocycles. The van der Waals surface area contributed by atoms with E-state index in [1.807, 2.05) is 12.1 Å². The fraction of sp³-hybridized carbons (Fsp3) is 0.429. The second kappa shape index (κ2) is 7.37. The first-order chi connectivity index (χ1) is 13.7. The summed E-state index contributed by atoms with van der Waals surface area (Å²) in [6.45, 7) is 4.72. The van der Waals surface area contributed by atoms with Gasteiger partial charge in [0.2, 0.25) is 0 Å². The summed E-state index contributed by atoms with van der Waals surface area (Å²) < 4.78 is 8.89. The lowest BCUT2D eigenvalue weighted by atomic mass is 10.1. The van der Waals surface area contributed by atoms with Crippen molar-refractivity contribution < 1.29 is 4.74 Å². The number of hydrogen-bond acceptors (Lipinski definition) is 5. The highest BCUT2D eigenvalue weighted by atomic mass is 79.9. The Morgan fingerprint density at radius 1 is 1.14 bits per heavy atom. The van der Waals surface area contributed by atoms with Crippen molar-refractivity contribution in [1.29, 1.82) is 0 Å². The Kier molecular flexibility index (Phi) is 4.72. The van der Waals surface area contributed by atoms with Gasteiger partial charge in [-0.25, -0.2) is 9.97 Å². The number of nitrogens with zero attached hydrogens (tertiary/aromatic N) is 5. The molecule has 5 rings (SSSR count). The molecule has 2 fully saturated rings. The van der Waals surface area contributed by atoms with Crippen LogP contribution in [-0.4, -0.2) is 52.5 Å². The standard InChI is InChI=1S/C21H24BrN5O/c1-25-6-8-26(9-7-25)19-10-16(15-2-3-15)12-27-13-17(24-21(19)27)14-28-18-4-5-23-20(22)11-18/h4-5,10-13,15H,2-3,6-9,14H2,1H3. The molecule has 0 amide bonds. The summed E-state index contributed by atoms with van der Waals surface area (Å²) in [6, 6.07) is 6.11. The molecule has 4 heterocycles. The summed E-state index contributed by atoms with van der Waals surface area (Å²) in [5.41, 5.74) is 4.67. The summed E-state index contributed by atoms with van der Waals surface area (Å²) in [5, 5.41) is 0. The summed E-state index contributed by atoms with van der Waals surface area (Å²) in [6.07, 6.45) is 8.70. The maximum atomic E-state index is 5.93. The van der Waals surface area contributed by atoms with Crippen LogP contribution in [0.5, 0.6) is 5.75 Å². The van der Waals surface area contributed by atoms with Crippen molar-refractivity contribution in [2.45, 2.75) is 25.4 Å². The third-order valence-electron chi connectivity index (χ3n) is 5.58. The molecule has 0 radical (unpaired) electrons. The van der Waals surface area contributed by atoms with Crippen LogP contribution in [0.25, 0.3) is 5.65 Å². The minimum Gasteiger partial charge on any atom is -0.487 e. The summed E-state index contributed by atoms with van der Waals surface area (Å²) in [7, 11) is 2.19. The maximum Gasteiger partial charge on any atom is 0.160 e. The zero-order chi connectivity index (χ0) is 19.1. The van der Waals surface area contributed by atoms with Gasteiger partial charge >= 0.3 is 0 Å². The first kappa shape index (κ1) is 17.9. The molecule has 7 heteroatoms. The Labute approximate surface area is 173 Å². The number of ether oxygens (including phenoxy) is 1. The average molecular weight is 442 g/mol. The second-order valence-corrected chi connectivity index (χ2v) is 8.60. The van der Waals surface area contributed by atoms with Gasteiger partial charge in [0.05, 0.1) is 11.4 Å². The largest absolute Gasteiger partial charge is 0.487 e. The van der Waals surface area contributed by atoms with Gasteiger partial charge in [0.25, 0.3) is 0 Å². The van der Waals surface area contributed by atoms with E-state index >= 15 is 0 Å². The van der Waals surface area contributed by atoms with Gasteiger partial charge in [0, 0.05) is 50.8 Å². The Morgan fingerprint density at radius 2 is 1.96 bits per heavy atom. The van der Waals surface area contributed by atoms with Crippen LogP contribution >= 0.6 is 15.9 Å². The molecule has 28 heavy (non-hydrogen) atoms. The molecule has 3 aromatic rings. The number of likely N-dealkylation sites (N-methyl/N-ethyl adjacent to an activating group) is 1. The number of halogens is 1. The van der Waals surface area contributed by atoms with Crippen LogP contribution in [0.1, 0.15) is 30.0 Å². The lowest BCUT2D eigenvalue weighted by Crippen LogP contribution is -2.44. The number of imidazole rings is 1. The Morgan fingerprint density at radius 3 is 2.71 bits per heavy atom. The van der Waals surface area contributed by atoms with Crippen LogP contribution in [0.2, 0.25) is 0 Å². The Balaban J connectivity index is 1.44. The van der Waals surface area contributed by atoms with Gasteiger partial charge in [-0.05, 0) is 59.4 Å². The highest BCUT2D eigenvalue weighted by Gasteiger charge is 2.27. The number of hydrogen-bond donors (Lipinski definition) is 0. The molecular formula is C21H24BrN5O. The molecule has 0 atom stereocenters. The third kappa shape index (κ3) is 3.73. The van der Waals surface area contributed by atoms with E-state index in [-0.39, 0.29) is 0 Å². The molecule has 146 valence electrons. The van der Waals surface area contributed by atoms with E-state index in [1.54, 1.807) is 6.20 Å². The van der Waals surface area contributed by atoms with Crippen LogP contribution in [0.15, 0.2) is 41.4 Å². The van der Waals surface area contributed by atoms with E-state index in [4.69, 9.17) is 9.72 Å². The normalized spacial score (nSPS) is 18.0. The third-order valence-corrected chi connectivity index (χ3v) is 6.01. The summed E-state index contributed by atoms with van der Waals surface area (Å²) in [4.78, 5) is 13.9. The van der Waals surface area contributed by atoms with E-state index in [1.165, 1.54) is 24.1 Å². The van der Waals surface area contributed by atoms with E-state index in [0.717, 1.165) is 47.9 Å². The van der Waals surface area contributed by atoms with Crippen LogP contribution in [-0.2, 0) is 6.61 Å². The first-order valence-electron chi connectivity index (χ1n) is 9.85. The van der Waals surface area contributed by atoms with Gasteiger partial charge in [-0.3, -0.25) is 0 Å². The molecule has 0 unspecified atom stereocenters. The summed E-state index contributed by atoms with van der Waals surface area (Å²) >= 11 is 3.38. The molecule has 0 bridgehead atoms. The average Bonchev–Trinajstić information content (AvgIpc) is 3.46. The van der Waals surface area contributed by atoms with Crippen molar-refractivity contribution in [2.75, 3.05) is 38.1 Å². The first-order valence-corrected chi connectivity index (χ1v) is 10.6. The predicted molar refractivity (Wildman–Crippen MR) is 113 cm³/mol. The van der Waals surface area contributed by atoms with E-state index in [0.29, 0.717) is 12.5 Å². The van der Waals surface area contributed by atoms with Crippen molar-refractivity contribution in [2.24, 2.45) is 0 Å². The maximum absolute atomic E-state index is 5.93. The molecule has 3 aromatic heterocycles. The van der Waals surface area contributed by atoms with E-state index < -0.39 is 0 Å². The molecule has 0 N–H and O–H groups in total. The number of rotatable bonds is 5. The highest BCUT2D eigenvalue weighted by molar-refractivity contribution is 9.10. The molecule has 1 saturated heterocycles. The SMILES string of the molecule is CN1CCN(c2cc(C3CC3)cn3cc(COc4ccnc(Br)c4)nc23)CC1. The number of aromatic nitrogens is 3.